The lowest BCUT2D eigenvalue weighted by Crippen LogP contribution is -2.37. The van der Waals surface area contributed by atoms with Crippen LogP contribution in [0.25, 0.3) is 0 Å². The topological polar surface area (TPSA) is 57.6 Å². The molecule has 2 amide bonds. The fourth-order valence-corrected chi connectivity index (χ4v) is 1.69. The van der Waals surface area contributed by atoms with Gasteiger partial charge in [-0.05, 0) is 24.3 Å². The summed E-state index contributed by atoms with van der Waals surface area (Å²) < 4.78 is 0. The van der Waals surface area contributed by atoms with Crippen LogP contribution < -0.4 is 0 Å². The summed E-state index contributed by atoms with van der Waals surface area (Å²) in [4.78, 5) is 25.1. The second-order valence-corrected chi connectivity index (χ2v) is 3.91. The molecule has 0 aliphatic heterocycles. The molecule has 0 bridgehead atoms. The van der Waals surface area contributed by atoms with Gasteiger partial charge in [0.15, 0.2) is 0 Å². The average Bonchev–Trinajstić information content (AvgIpc) is 2.49. The number of carbonyl (C=O) groups excluding carboxylic acids is 2. The number of amides is 2. The van der Waals surface area contributed by atoms with Gasteiger partial charge in [-0.3, -0.25) is 14.5 Å². The molecule has 0 aliphatic carbocycles. The minimum Gasteiger partial charge on any atom is -0.376 e. The van der Waals surface area contributed by atoms with E-state index in [1.165, 1.54) is 0 Å². The quantitative estimate of drug-likeness (QED) is 0.673. The highest BCUT2D eigenvalue weighted by Crippen LogP contribution is 2.09. The Balaban J connectivity index is 2.26. The number of benzene rings is 2. The van der Waals surface area contributed by atoms with Crippen molar-refractivity contribution in [1.29, 1.82) is 0 Å². The first-order chi connectivity index (χ1) is 9.24. The highest BCUT2D eigenvalue weighted by Gasteiger charge is 2.22. The van der Waals surface area contributed by atoms with Gasteiger partial charge in [0.2, 0.25) is 0 Å². The molecule has 0 aliphatic rings. The first-order valence-electron chi connectivity index (χ1n) is 5.81. The number of hydrogen-bond acceptors (Lipinski definition) is 3. The zero-order chi connectivity index (χ0) is 13.7. The van der Waals surface area contributed by atoms with Crippen LogP contribution in [-0.2, 0) is 0 Å². The van der Waals surface area contributed by atoms with Gasteiger partial charge in [0.05, 0.1) is 0 Å². The molecule has 0 radical (unpaired) electrons. The second kappa shape index (κ2) is 5.93. The number of aliphatic hydroxyl groups is 1. The third-order valence-electron chi connectivity index (χ3n) is 2.67. The Morgan fingerprint density at radius 2 is 1.16 bits per heavy atom. The summed E-state index contributed by atoms with van der Waals surface area (Å²) >= 11 is 0. The van der Waals surface area contributed by atoms with E-state index in [2.05, 4.69) is 0 Å². The van der Waals surface area contributed by atoms with E-state index in [4.69, 9.17) is 0 Å². The van der Waals surface area contributed by atoms with Crippen LogP contribution in [-0.4, -0.2) is 28.6 Å². The van der Waals surface area contributed by atoms with Crippen molar-refractivity contribution in [1.82, 2.24) is 4.90 Å². The summed E-state index contributed by atoms with van der Waals surface area (Å²) in [6.07, 6.45) is 0. The van der Waals surface area contributed by atoms with Gasteiger partial charge in [0, 0.05) is 11.1 Å². The molecule has 96 valence electrons. The predicted molar refractivity (Wildman–Crippen MR) is 70.5 cm³/mol. The van der Waals surface area contributed by atoms with Gasteiger partial charge < -0.3 is 5.11 Å². The highest BCUT2D eigenvalue weighted by molar-refractivity contribution is 6.10. The van der Waals surface area contributed by atoms with Crippen LogP contribution in [0.4, 0.5) is 0 Å². The normalized spacial score (nSPS) is 9.95. The number of carbonyl (C=O) groups is 2. The Labute approximate surface area is 110 Å². The van der Waals surface area contributed by atoms with Crippen LogP contribution in [0.5, 0.6) is 0 Å². The number of rotatable bonds is 3. The van der Waals surface area contributed by atoms with Crippen molar-refractivity contribution in [3.8, 4) is 0 Å². The molecule has 0 saturated heterocycles. The zero-order valence-corrected chi connectivity index (χ0v) is 10.2. The first-order valence-corrected chi connectivity index (χ1v) is 5.81. The molecule has 0 unspecified atom stereocenters. The van der Waals surface area contributed by atoms with Gasteiger partial charge in [-0.2, -0.15) is 0 Å². The zero-order valence-electron chi connectivity index (χ0n) is 10.2. The summed E-state index contributed by atoms with van der Waals surface area (Å²) in [5.74, 6) is -1.03. The van der Waals surface area contributed by atoms with Crippen molar-refractivity contribution in [2.24, 2.45) is 0 Å². The highest BCUT2D eigenvalue weighted by atomic mass is 16.3. The van der Waals surface area contributed by atoms with Gasteiger partial charge in [-0.15, -0.1) is 0 Å². The molecule has 0 aromatic heterocycles. The molecule has 0 heterocycles. The second-order valence-electron chi connectivity index (χ2n) is 3.91. The van der Waals surface area contributed by atoms with E-state index in [9.17, 15) is 14.7 Å². The van der Waals surface area contributed by atoms with Crippen molar-refractivity contribution in [3.63, 3.8) is 0 Å². The van der Waals surface area contributed by atoms with E-state index < -0.39 is 18.5 Å². The van der Waals surface area contributed by atoms with Crippen LogP contribution in [0.15, 0.2) is 60.7 Å². The van der Waals surface area contributed by atoms with Gasteiger partial charge in [-0.25, -0.2) is 0 Å². The third-order valence-corrected chi connectivity index (χ3v) is 2.67. The maximum absolute atomic E-state index is 12.1. The summed E-state index contributed by atoms with van der Waals surface area (Å²) in [6, 6.07) is 16.8. The van der Waals surface area contributed by atoms with E-state index in [0.717, 1.165) is 4.90 Å². The van der Waals surface area contributed by atoms with Gasteiger partial charge in [0.25, 0.3) is 11.8 Å². The largest absolute Gasteiger partial charge is 0.376 e. The molecule has 2 aromatic rings. The van der Waals surface area contributed by atoms with Gasteiger partial charge >= 0.3 is 0 Å². The first kappa shape index (κ1) is 13.0. The number of hydrogen-bond donors (Lipinski definition) is 1. The Kier molecular flexibility index (Phi) is 4.05. The molecule has 0 fully saturated rings. The molecule has 4 heteroatoms. The third kappa shape index (κ3) is 2.86. The monoisotopic (exact) mass is 255 g/mol. The Morgan fingerprint density at radius 1 is 0.789 bits per heavy atom. The predicted octanol–water partition coefficient (Wildman–Crippen LogP) is 1.92. The summed E-state index contributed by atoms with van der Waals surface area (Å²) in [7, 11) is 0. The van der Waals surface area contributed by atoms with E-state index in [-0.39, 0.29) is 0 Å². The Bertz CT molecular complexity index is 515. The number of aliphatic hydroxyl groups excluding tert-OH is 1. The fraction of sp³-hybridized carbons (Fsp3) is 0.0667. The van der Waals surface area contributed by atoms with Crippen molar-refractivity contribution < 1.29 is 14.7 Å². The maximum Gasteiger partial charge on any atom is 0.262 e. The van der Waals surface area contributed by atoms with Crippen molar-refractivity contribution in [2.75, 3.05) is 6.73 Å². The lowest BCUT2D eigenvalue weighted by molar-refractivity contribution is 0.0450. The Hall–Kier alpha value is -2.46. The average molecular weight is 255 g/mol. The van der Waals surface area contributed by atoms with Crippen LogP contribution in [0.3, 0.4) is 0 Å². The standard InChI is InChI=1S/C15H13NO3/c17-11-16(14(18)12-7-3-1-4-8-12)15(19)13-9-5-2-6-10-13/h1-10,17H,11H2. The van der Waals surface area contributed by atoms with Crippen LogP contribution in [0, 0.1) is 0 Å². The molecule has 1 N–H and O–H groups in total. The van der Waals surface area contributed by atoms with E-state index in [1.807, 2.05) is 0 Å². The molecule has 2 rings (SSSR count). The van der Waals surface area contributed by atoms with Crippen molar-refractivity contribution >= 4 is 11.8 Å². The minimum absolute atomic E-state index is 0.362. The number of imide groups is 1. The lowest BCUT2D eigenvalue weighted by Gasteiger charge is -2.18. The van der Waals surface area contributed by atoms with Crippen LogP contribution in [0.1, 0.15) is 20.7 Å². The van der Waals surface area contributed by atoms with Gasteiger partial charge in [0.1, 0.15) is 6.73 Å². The van der Waals surface area contributed by atoms with Crippen LogP contribution >= 0.6 is 0 Å². The molecular formula is C15H13NO3. The molecule has 19 heavy (non-hydrogen) atoms. The molecular weight excluding hydrogens is 242 g/mol. The SMILES string of the molecule is O=C(c1ccccc1)N(CO)C(=O)c1ccccc1. The molecule has 2 aromatic carbocycles. The summed E-state index contributed by atoms with van der Waals surface area (Å²) in [6.45, 7) is -0.651. The van der Waals surface area contributed by atoms with Crippen molar-refractivity contribution in [2.45, 2.75) is 0 Å². The number of nitrogens with zero attached hydrogens (tertiary/aromatic N) is 1. The van der Waals surface area contributed by atoms with Gasteiger partial charge in [-0.1, -0.05) is 36.4 Å². The van der Waals surface area contributed by atoms with E-state index in [0.29, 0.717) is 11.1 Å². The molecule has 4 nitrogen and oxygen atoms in total. The summed E-state index contributed by atoms with van der Waals surface area (Å²) in [5.41, 5.74) is 0.724. The fourth-order valence-electron chi connectivity index (χ4n) is 1.69. The maximum atomic E-state index is 12.1. The smallest absolute Gasteiger partial charge is 0.262 e. The van der Waals surface area contributed by atoms with E-state index >= 15 is 0 Å². The molecule has 0 spiro atoms. The Morgan fingerprint density at radius 3 is 1.47 bits per heavy atom. The molecule has 0 saturated carbocycles. The molecule has 0 atom stereocenters. The van der Waals surface area contributed by atoms with Crippen molar-refractivity contribution in [3.05, 3.63) is 71.8 Å². The van der Waals surface area contributed by atoms with E-state index in [1.54, 1.807) is 60.7 Å². The van der Waals surface area contributed by atoms with Crippen LogP contribution in [0.2, 0.25) is 0 Å². The summed E-state index contributed by atoms with van der Waals surface area (Å²) in [5, 5.41) is 9.27. The lowest BCUT2D eigenvalue weighted by atomic mass is 10.1. The minimum atomic E-state index is -0.651.